The number of ether oxygens (including phenoxy) is 1. The third kappa shape index (κ3) is 8.26. The lowest BCUT2D eigenvalue weighted by Crippen LogP contribution is -2.60. The first-order valence-electron chi connectivity index (χ1n) is 13.9. The molecule has 0 fully saturated rings. The lowest BCUT2D eigenvalue weighted by Gasteiger charge is -2.29. The summed E-state index contributed by atoms with van der Waals surface area (Å²) >= 11 is 0. The number of aliphatic hydroxyl groups excluding tert-OH is 1. The van der Waals surface area contributed by atoms with Crippen LogP contribution in [0.15, 0.2) is 24.4 Å². The average Bonchev–Trinajstić information content (AvgIpc) is 3.38. The Morgan fingerprint density at radius 3 is 2.34 bits per heavy atom. The Kier molecular flexibility index (Phi) is 10.8. The number of aliphatic hydroxyl groups is 1. The van der Waals surface area contributed by atoms with Crippen LogP contribution in [0, 0.1) is 18.8 Å². The number of nitrogens with one attached hydrogen (secondary N) is 4. The smallest absolute Gasteiger partial charge is 0.255 e. The van der Waals surface area contributed by atoms with Crippen LogP contribution in [0.3, 0.4) is 0 Å². The second-order valence-corrected chi connectivity index (χ2v) is 10.8. The van der Waals surface area contributed by atoms with E-state index in [0.717, 1.165) is 5.56 Å². The second-order valence-electron chi connectivity index (χ2n) is 10.8. The van der Waals surface area contributed by atoms with Crippen LogP contribution in [0.4, 0.5) is 0 Å². The van der Waals surface area contributed by atoms with Crippen molar-refractivity contribution in [1.82, 2.24) is 36.3 Å². The topological polar surface area (TPSA) is 177 Å². The predicted molar refractivity (Wildman–Crippen MR) is 150 cm³/mol. The number of rotatable bonds is 4. The van der Waals surface area contributed by atoms with Gasteiger partial charge in [-0.2, -0.15) is 0 Å². The van der Waals surface area contributed by atoms with Gasteiger partial charge in [-0.25, -0.2) is 4.68 Å². The van der Waals surface area contributed by atoms with E-state index in [-0.39, 0.29) is 30.6 Å². The van der Waals surface area contributed by atoms with Crippen molar-refractivity contribution < 1.29 is 29.0 Å². The summed E-state index contributed by atoms with van der Waals surface area (Å²) in [4.78, 5) is 53.2. The SMILES string of the molecule is CC[C@H](C)[C@@H]1NC(=O)c2cc(C)ccc2OCCn2cc(nn2)CNC(=O)[C@H]([C@@H](C)O)NC(=O)[C@@H](C(C)C)NC1=O. The van der Waals surface area contributed by atoms with Gasteiger partial charge in [-0.1, -0.05) is 51.0 Å². The van der Waals surface area contributed by atoms with E-state index >= 15 is 0 Å². The molecule has 0 spiro atoms. The van der Waals surface area contributed by atoms with E-state index < -0.39 is 47.9 Å². The number of aromatic nitrogens is 3. The Hall–Kier alpha value is -4.00. The van der Waals surface area contributed by atoms with Crippen molar-refractivity contribution in [1.29, 1.82) is 0 Å². The molecule has 0 radical (unpaired) electrons. The highest BCUT2D eigenvalue weighted by Crippen LogP contribution is 2.21. The van der Waals surface area contributed by atoms with Crippen LogP contribution in [0.5, 0.6) is 5.75 Å². The lowest BCUT2D eigenvalue weighted by atomic mass is 9.95. The highest BCUT2D eigenvalue weighted by atomic mass is 16.5. The summed E-state index contributed by atoms with van der Waals surface area (Å²) in [7, 11) is 0. The molecular weight excluding hydrogens is 530 g/mol. The minimum atomic E-state index is -1.28. The Balaban J connectivity index is 1.99. The van der Waals surface area contributed by atoms with Crippen molar-refractivity contribution in [3.8, 4) is 5.75 Å². The zero-order valence-electron chi connectivity index (χ0n) is 24.4. The molecule has 1 aliphatic rings. The minimum Gasteiger partial charge on any atom is -0.491 e. The Morgan fingerprint density at radius 2 is 1.68 bits per heavy atom. The predicted octanol–water partition coefficient (Wildman–Crippen LogP) is 0.446. The Labute approximate surface area is 239 Å². The highest BCUT2D eigenvalue weighted by molar-refractivity contribution is 6.00. The van der Waals surface area contributed by atoms with Crippen LogP contribution in [0.2, 0.25) is 0 Å². The normalized spacial score (nSPS) is 22.8. The quantitative estimate of drug-likeness (QED) is 0.351. The van der Waals surface area contributed by atoms with Gasteiger partial charge >= 0.3 is 0 Å². The van der Waals surface area contributed by atoms with Crippen LogP contribution < -0.4 is 26.0 Å². The maximum absolute atomic E-state index is 13.5. The monoisotopic (exact) mass is 571 g/mol. The van der Waals surface area contributed by atoms with Gasteiger partial charge in [-0.05, 0) is 37.8 Å². The van der Waals surface area contributed by atoms with Gasteiger partial charge in [-0.15, -0.1) is 5.10 Å². The molecular formula is C28H41N7O6. The minimum absolute atomic E-state index is 0.0159. The number of carbonyl (C=O) groups is 4. The van der Waals surface area contributed by atoms with Gasteiger partial charge in [0.2, 0.25) is 17.7 Å². The molecule has 13 heteroatoms. The first-order valence-corrected chi connectivity index (χ1v) is 13.9. The lowest BCUT2D eigenvalue weighted by molar-refractivity contribution is -0.135. The second kappa shape index (κ2) is 14.1. The molecule has 41 heavy (non-hydrogen) atoms. The number of hydrogen-bond acceptors (Lipinski definition) is 8. The fourth-order valence-electron chi connectivity index (χ4n) is 4.36. The summed E-state index contributed by atoms with van der Waals surface area (Å²) in [5, 5.41) is 29.2. The maximum Gasteiger partial charge on any atom is 0.255 e. The van der Waals surface area contributed by atoms with Crippen LogP contribution in [0.25, 0.3) is 0 Å². The van der Waals surface area contributed by atoms with Gasteiger partial charge in [0.25, 0.3) is 5.91 Å². The largest absolute Gasteiger partial charge is 0.491 e. The van der Waals surface area contributed by atoms with E-state index in [1.807, 2.05) is 26.8 Å². The number of aryl methyl sites for hydroxylation is 1. The molecule has 4 amide bonds. The summed E-state index contributed by atoms with van der Waals surface area (Å²) in [5.41, 5.74) is 1.58. The molecule has 5 N–H and O–H groups in total. The molecule has 2 bridgehead atoms. The number of carbonyl (C=O) groups excluding carboxylic acids is 4. The molecule has 5 atom stereocenters. The number of hydrogen-bond donors (Lipinski definition) is 5. The van der Waals surface area contributed by atoms with Crippen LogP contribution in [0.1, 0.15) is 62.7 Å². The van der Waals surface area contributed by atoms with Crippen molar-refractivity contribution in [2.45, 2.75) is 85.3 Å². The van der Waals surface area contributed by atoms with Crippen LogP contribution in [-0.2, 0) is 27.5 Å². The number of amides is 4. The summed E-state index contributed by atoms with van der Waals surface area (Å²) in [6.45, 7) is 11.0. The van der Waals surface area contributed by atoms with Crippen molar-refractivity contribution in [3.63, 3.8) is 0 Å². The van der Waals surface area contributed by atoms with Gasteiger partial charge in [-0.3, -0.25) is 19.2 Å². The average molecular weight is 572 g/mol. The van der Waals surface area contributed by atoms with Gasteiger partial charge in [0.1, 0.15) is 36.2 Å². The molecule has 0 unspecified atom stereocenters. The van der Waals surface area contributed by atoms with Crippen molar-refractivity contribution >= 4 is 23.6 Å². The summed E-state index contributed by atoms with van der Waals surface area (Å²) in [6, 6.07) is 1.95. The van der Waals surface area contributed by atoms with Gasteiger partial charge in [0.15, 0.2) is 0 Å². The third-order valence-corrected chi connectivity index (χ3v) is 7.08. The standard InChI is InChI=1S/C28H41N7O6/c1-7-17(5)23-28(40)30-22(15(2)3)27(39)32-24(18(6)36)26(38)29-13-19-14-35(34-33-19)10-11-41-21-9-8-16(4)12-20(21)25(37)31-23/h8-9,12,14-15,17-18,22-24,36H,7,10-11,13H2,1-6H3,(H,29,38)(H,30,40)(H,31,37)(H,32,39)/t17-,18+,22+,23-,24-/m0/s1. The van der Waals surface area contributed by atoms with E-state index in [2.05, 4.69) is 31.6 Å². The van der Waals surface area contributed by atoms with Crippen molar-refractivity contribution in [2.75, 3.05) is 6.61 Å². The molecule has 224 valence electrons. The zero-order valence-corrected chi connectivity index (χ0v) is 24.4. The van der Waals surface area contributed by atoms with E-state index in [1.165, 1.54) is 11.6 Å². The fourth-order valence-corrected chi connectivity index (χ4v) is 4.36. The molecule has 1 aromatic carbocycles. The maximum atomic E-state index is 13.5. The zero-order chi connectivity index (χ0) is 30.3. The molecule has 1 aliphatic heterocycles. The fraction of sp³-hybridized carbons (Fsp3) is 0.571. The first kappa shape index (κ1) is 31.5. The van der Waals surface area contributed by atoms with E-state index in [0.29, 0.717) is 24.4 Å². The van der Waals surface area contributed by atoms with E-state index in [1.54, 1.807) is 32.2 Å². The number of benzene rings is 1. The van der Waals surface area contributed by atoms with Crippen molar-refractivity contribution in [2.24, 2.45) is 11.8 Å². The first-order chi connectivity index (χ1) is 19.4. The van der Waals surface area contributed by atoms with E-state index in [9.17, 15) is 24.3 Å². The Morgan fingerprint density at radius 1 is 1.00 bits per heavy atom. The summed E-state index contributed by atoms with van der Waals surface area (Å²) in [6.07, 6.45) is 1.00. The molecule has 2 heterocycles. The van der Waals surface area contributed by atoms with Gasteiger partial charge in [0.05, 0.1) is 31.0 Å². The molecule has 1 aromatic heterocycles. The van der Waals surface area contributed by atoms with Crippen LogP contribution in [-0.4, -0.2) is 74.6 Å². The molecule has 0 saturated carbocycles. The number of fused-ring (bicyclic) bond motifs is 3. The van der Waals surface area contributed by atoms with Crippen molar-refractivity contribution in [3.05, 3.63) is 41.2 Å². The summed E-state index contributed by atoms with van der Waals surface area (Å²) in [5.74, 6) is -2.57. The third-order valence-electron chi connectivity index (χ3n) is 7.08. The molecule has 2 aromatic rings. The number of nitrogens with zero attached hydrogens (tertiary/aromatic N) is 3. The molecule has 3 rings (SSSR count). The highest BCUT2D eigenvalue weighted by Gasteiger charge is 2.34. The van der Waals surface area contributed by atoms with Gasteiger partial charge in [0, 0.05) is 0 Å². The molecule has 13 nitrogen and oxygen atoms in total. The van der Waals surface area contributed by atoms with Crippen LogP contribution >= 0.6 is 0 Å². The molecule has 0 aliphatic carbocycles. The van der Waals surface area contributed by atoms with Gasteiger partial charge < -0.3 is 31.1 Å². The Bertz CT molecular complexity index is 1240. The van der Waals surface area contributed by atoms with E-state index in [4.69, 9.17) is 4.74 Å². The summed E-state index contributed by atoms with van der Waals surface area (Å²) < 4.78 is 7.47. The molecule has 0 saturated heterocycles.